The highest BCUT2D eigenvalue weighted by molar-refractivity contribution is 5.34. The van der Waals surface area contributed by atoms with E-state index in [2.05, 4.69) is 51.2 Å². The third kappa shape index (κ3) is 2.42. The van der Waals surface area contributed by atoms with E-state index in [1.165, 1.54) is 51.4 Å². The summed E-state index contributed by atoms with van der Waals surface area (Å²) in [5, 5.41) is 3.90. The molecule has 4 aliphatic carbocycles. The second kappa shape index (κ2) is 6.22. The van der Waals surface area contributed by atoms with Gasteiger partial charge in [-0.3, -0.25) is 5.32 Å². The smallest absolute Gasteiger partial charge is 0.122 e. The molecule has 4 fully saturated rings. The Hall–Kier alpha value is -0.600. The van der Waals surface area contributed by atoms with Crippen molar-refractivity contribution in [2.24, 2.45) is 46.3 Å². The molecular formula is C27H41NO. The minimum atomic E-state index is -0.0214. The minimum Gasteiger partial charge on any atom is -0.357 e. The molecule has 0 unspecified atom stereocenters. The van der Waals surface area contributed by atoms with E-state index in [1.54, 1.807) is 5.57 Å². The molecule has 6 rings (SSSR count). The Kier molecular flexibility index (Phi) is 4.10. The standard InChI is InChI=1S/C27H41NO/c1-17-10-14-27(28-16-17)18(2)24-23(29-27)15-22-20-9-8-19-7-5-6-12-25(19,3)21(20)11-13-26(22,24)4/h5,7-8,17-18,20-24,28H,6,9-16H2,1-4H3/t17-,18+,20+,21+,22-,23-,24-,25-,26-,27-/m0/s1. The lowest BCUT2D eigenvalue weighted by molar-refractivity contribution is -0.114. The van der Waals surface area contributed by atoms with Crippen molar-refractivity contribution in [3.63, 3.8) is 0 Å². The number of fused-ring (bicyclic) bond motifs is 7. The number of ether oxygens (including phenoxy) is 1. The van der Waals surface area contributed by atoms with Crippen LogP contribution in [0.15, 0.2) is 23.8 Å². The molecule has 160 valence electrons. The van der Waals surface area contributed by atoms with Gasteiger partial charge in [-0.25, -0.2) is 0 Å². The number of rotatable bonds is 0. The Balaban J connectivity index is 1.30. The monoisotopic (exact) mass is 395 g/mol. The third-order valence-electron chi connectivity index (χ3n) is 11.1. The molecule has 0 radical (unpaired) electrons. The van der Waals surface area contributed by atoms with Crippen molar-refractivity contribution in [1.29, 1.82) is 0 Å². The highest BCUT2D eigenvalue weighted by Gasteiger charge is 2.67. The molecule has 2 saturated carbocycles. The predicted octanol–water partition coefficient (Wildman–Crippen LogP) is 6.09. The summed E-state index contributed by atoms with van der Waals surface area (Å²) in [5.74, 6) is 4.82. The van der Waals surface area contributed by atoms with E-state index in [4.69, 9.17) is 4.74 Å². The quantitative estimate of drug-likeness (QED) is 0.536. The summed E-state index contributed by atoms with van der Waals surface area (Å²) in [4.78, 5) is 0. The Morgan fingerprint density at radius 2 is 1.93 bits per heavy atom. The molecule has 1 spiro atoms. The Bertz CT molecular complexity index is 746. The zero-order valence-electron chi connectivity index (χ0n) is 19.0. The van der Waals surface area contributed by atoms with Crippen LogP contribution in [0.5, 0.6) is 0 Å². The van der Waals surface area contributed by atoms with Gasteiger partial charge in [-0.05, 0) is 97.4 Å². The van der Waals surface area contributed by atoms with Gasteiger partial charge in [0.05, 0.1) is 6.10 Å². The first-order chi connectivity index (χ1) is 13.9. The van der Waals surface area contributed by atoms with Crippen LogP contribution < -0.4 is 5.32 Å². The van der Waals surface area contributed by atoms with Gasteiger partial charge in [-0.2, -0.15) is 0 Å². The van der Waals surface area contributed by atoms with Crippen LogP contribution in [-0.2, 0) is 4.74 Å². The van der Waals surface area contributed by atoms with E-state index in [9.17, 15) is 0 Å². The van der Waals surface area contributed by atoms with Crippen LogP contribution in [0.3, 0.4) is 0 Å². The highest BCUT2D eigenvalue weighted by atomic mass is 16.5. The fourth-order valence-corrected chi connectivity index (χ4v) is 9.50. The summed E-state index contributed by atoms with van der Waals surface area (Å²) in [6, 6.07) is 0. The van der Waals surface area contributed by atoms with Gasteiger partial charge in [-0.15, -0.1) is 0 Å². The van der Waals surface area contributed by atoms with Gasteiger partial charge < -0.3 is 4.74 Å². The molecule has 2 heteroatoms. The average Bonchev–Trinajstić information content (AvgIpc) is 3.15. The minimum absolute atomic E-state index is 0.0214. The Morgan fingerprint density at radius 1 is 1.07 bits per heavy atom. The SMILES string of the molecule is C[C@H]1CC[C@]2(NC1)O[C@H]1C[C@H]3[C@@H]4CC=C5C=CCC[C@]5(C)[C@@H]4CC[C@]3(C)[C@H]1[C@H]2C. The van der Waals surface area contributed by atoms with Crippen LogP contribution in [0, 0.1) is 46.3 Å². The fourth-order valence-electron chi connectivity index (χ4n) is 9.50. The first-order valence-electron chi connectivity index (χ1n) is 12.7. The van der Waals surface area contributed by atoms with Crippen molar-refractivity contribution in [3.8, 4) is 0 Å². The number of piperidine rings is 1. The molecule has 2 saturated heterocycles. The van der Waals surface area contributed by atoms with Gasteiger partial charge >= 0.3 is 0 Å². The van der Waals surface area contributed by atoms with Gasteiger partial charge in [-0.1, -0.05) is 45.9 Å². The van der Waals surface area contributed by atoms with Crippen molar-refractivity contribution < 1.29 is 4.74 Å². The second-order valence-electron chi connectivity index (χ2n) is 12.3. The predicted molar refractivity (Wildman–Crippen MR) is 118 cm³/mol. The Labute approximate surface area is 177 Å². The molecule has 2 heterocycles. The lowest BCUT2D eigenvalue weighted by atomic mass is 9.47. The van der Waals surface area contributed by atoms with Crippen LogP contribution in [0.1, 0.15) is 79.1 Å². The van der Waals surface area contributed by atoms with E-state index in [0.717, 1.165) is 36.1 Å². The van der Waals surface area contributed by atoms with Crippen molar-refractivity contribution in [2.75, 3.05) is 6.54 Å². The molecule has 0 aromatic heterocycles. The maximum atomic E-state index is 7.01. The van der Waals surface area contributed by atoms with E-state index in [1.807, 2.05) is 0 Å². The van der Waals surface area contributed by atoms with Gasteiger partial charge in [0.15, 0.2) is 0 Å². The molecule has 6 aliphatic rings. The van der Waals surface area contributed by atoms with Crippen molar-refractivity contribution in [3.05, 3.63) is 23.8 Å². The molecule has 1 N–H and O–H groups in total. The van der Waals surface area contributed by atoms with E-state index in [-0.39, 0.29) is 5.72 Å². The van der Waals surface area contributed by atoms with E-state index in [0.29, 0.717) is 22.9 Å². The van der Waals surface area contributed by atoms with E-state index < -0.39 is 0 Å². The van der Waals surface area contributed by atoms with Gasteiger partial charge in [0.2, 0.25) is 0 Å². The molecule has 2 aliphatic heterocycles. The van der Waals surface area contributed by atoms with Crippen molar-refractivity contribution >= 4 is 0 Å². The van der Waals surface area contributed by atoms with E-state index >= 15 is 0 Å². The first-order valence-corrected chi connectivity index (χ1v) is 12.7. The molecule has 29 heavy (non-hydrogen) atoms. The summed E-state index contributed by atoms with van der Waals surface area (Å²) in [5.41, 5.74) is 2.56. The van der Waals surface area contributed by atoms with Crippen molar-refractivity contribution in [2.45, 2.75) is 90.9 Å². The lowest BCUT2D eigenvalue weighted by Gasteiger charge is -2.57. The summed E-state index contributed by atoms with van der Waals surface area (Å²) in [6.45, 7) is 11.3. The maximum absolute atomic E-state index is 7.01. The van der Waals surface area contributed by atoms with Crippen LogP contribution in [0.4, 0.5) is 0 Å². The summed E-state index contributed by atoms with van der Waals surface area (Å²) in [7, 11) is 0. The summed E-state index contributed by atoms with van der Waals surface area (Å²) in [6.07, 6.45) is 18.7. The zero-order valence-corrected chi connectivity index (χ0v) is 19.0. The molecule has 0 bridgehead atoms. The Morgan fingerprint density at radius 3 is 2.72 bits per heavy atom. The normalized spacial score (nSPS) is 58.3. The number of allylic oxidation sites excluding steroid dienone is 4. The average molecular weight is 396 g/mol. The fraction of sp³-hybridized carbons (Fsp3) is 0.852. The molecule has 0 aromatic rings. The van der Waals surface area contributed by atoms with Crippen LogP contribution >= 0.6 is 0 Å². The maximum Gasteiger partial charge on any atom is 0.122 e. The topological polar surface area (TPSA) is 21.3 Å². The highest BCUT2D eigenvalue weighted by Crippen LogP contribution is 2.69. The van der Waals surface area contributed by atoms with Gasteiger partial charge in [0.25, 0.3) is 0 Å². The largest absolute Gasteiger partial charge is 0.357 e. The van der Waals surface area contributed by atoms with Crippen molar-refractivity contribution in [1.82, 2.24) is 5.32 Å². The zero-order chi connectivity index (χ0) is 20.0. The van der Waals surface area contributed by atoms with Gasteiger partial charge in [0.1, 0.15) is 5.72 Å². The molecule has 0 amide bonds. The molecule has 2 nitrogen and oxygen atoms in total. The first kappa shape index (κ1) is 19.1. The molecule has 10 atom stereocenters. The summed E-state index contributed by atoms with van der Waals surface area (Å²) < 4.78 is 7.01. The number of nitrogens with one attached hydrogen (secondary N) is 1. The van der Waals surface area contributed by atoms with Gasteiger partial charge in [0, 0.05) is 12.5 Å². The van der Waals surface area contributed by atoms with Crippen LogP contribution in [0.2, 0.25) is 0 Å². The number of hydrogen-bond donors (Lipinski definition) is 1. The number of hydrogen-bond acceptors (Lipinski definition) is 2. The van der Waals surface area contributed by atoms with Crippen LogP contribution in [-0.4, -0.2) is 18.4 Å². The third-order valence-corrected chi connectivity index (χ3v) is 11.1. The molecular weight excluding hydrogens is 354 g/mol. The lowest BCUT2D eigenvalue weighted by Crippen LogP contribution is -2.56. The summed E-state index contributed by atoms with van der Waals surface area (Å²) >= 11 is 0. The van der Waals surface area contributed by atoms with Crippen LogP contribution in [0.25, 0.3) is 0 Å². The molecule has 0 aromatic carbocycles. The second-order valence-corrected chi connectivity index (χ2v) is 12.3.